The summed E-state index contributed by atoms with van der Waals surface area (Å²) in [6.07, 6.45) is 0. The molecular formula is C10H4F10O2S2. The summed E-state index contributed by atoms with van der Waals surface area (Å²) in [7, 11) is 0. The predicted octanol–water partition coefficient (Wildman–Crippen LogP) is 4.73. The van der Waals surface area contributed by atoms with Gasteiger partial charge in [0.25, 0.3) is 0 Å². The molecule has 1 atom stereocenters. The second-order valence-electron chi connectivity index (χ2n) is 4.11. The Bertz CT molecular complexity index is 649. The molecule has 0 bridgehead atoms. The molecule has 2 nitrogen and oxygen atoms in total. The molecule has 138 valence electrons. The molecule has 0 heterocycles. The standard InChI is InChI=1S/C10H4F10O2S2/c11-4-1-2-6(5(12)3-4)23-9(17,18)7(13,14)8(15,16)10(19,20)24(21)22/h1-3H,(H,21,22). The van der Waals surface area contributed by atoms with Crippen molar-refractivity contribution >= 4 is 22.8 Å². The van der Waals surface area contributed by atoms with Crippen molar-refractivity contribution in [3.05, 3.63) is 29.8 Å². The van der Waals surface area contributed by atoms with Crippen LogP contribution in [-0.4, -0.2) is 31.1 Å². The first-order valence-electron chi connectivity index (χ1n) is 5.34. The van der Waals surface area contributed by atoms with Crippen molar-refractivity contribution in [3.63, 3.8) is 0 Å². The summed E-state index contributed by atoms with van der Waals surface area (Å²) in [6, 6.07) is 0.487. The van der Waals surface area contributed by atoms with Crippen molar-refractivity contribution in [2.45, 2.75) is 27.2 Å². The molecule has 1 unspecified atom stereocenters. The van der Waals surface area contributed by atoms with Crippen molar-refractivity contribution in [2.75, 3.05) is 0 Å². The van der Waals surface area contributed by atoms with Gasteiger partial charge in [-0.1, -0.05) is 0 Å². The molecule has 0 aliphatic carbocycles. The van der Waals surface area contributed by atoms with Crippen LogP contribution in [0.5, 0.6) is 0 Å². The molecule has 0 saturated heterocycles. The quantitative estimate of drug-likeness (QED) is 0.419. The maximum atomic E-state index is 13.4. The van der Waals surface area contributed by atoms with Gasteiger partial charge in [-0.15, -0.1) is 0 Å². The molecule has 1 rings (SSSR count). The molecule has 0 fully saturated rings. The van der Waals surface area contributed by atoms with Crippen molar-refractivity contribution in [2.24, 2.45) is 0 Å². The van der Waals surface area contributed by atoms with Crippen molar-refractivity contribution in [3.8, 4) is 0 Å². The van der Waals surface area contributed by atoms with E-state index in [0.717, 1.165) is 0 Å². The van der Waals surface area contributed by atoms with Gasteiger partial charge in [-0.25, -0.2) is 13.0 Å². The van der Waals surface area contributed by atoms with Crippen LogP contribution in [0.15, 0.2) is 23.1 Å². The Hall–Kier alpha value is -1.02. The summed E-state index contributed by atoms with van der Waals surface area (Å²) in [5.41, 5.74) is 0. The molecular weight excluding hydrogens is 406 g/mol. The highest BCUT2D eigenvalue weighted by Crippen LogP contribution is 2.58. The highest BCUT2D eigenvalue weighted by atomic mass is 32.2. The number of halogens is 10. The topological polar surface area (TPSA) is 37.3 Å². The van der Waals surface area contributed by atoms with E-state index in [4.69, 9.17) is 4.55 Å². The monoisotopic (exact) mass is 410 g/mol. The number of benzene rings is 1. The zero-order chi connectivity index (χ0) is 19.1. The van der Waals surface area contributed by atoms with E-state index in [1.807, 2.05) is 0 Å². The average molecular weight is 410 g/mol. The van der Waals surface area contributed by atoms with Gasteiger partial charge in [-0.05, 0) is 23.9 Å². The minimum atomic E-state index is -6.97. The van der Waals surface area contributed by atoms with E-state index in [9.17, 15) is 48.1 Å². The largest absolute Gasteiger partial charge is 0.413 e. The first kappa shape index (κ1) is 21.0. The van der Waals surface area contributed by atoms with Gasteiger partial charge in [0, 0.05) is 11.0 Å². The molecule has 0 aliphatic rings. The Balaban J connectivity index is 3.30. The summed E-state index contributed by atoms with van der Waals surface area (Å²) >= 11 is -6.49. The molecule has 0 aliphatic heterocycles. The van der Waals surface area contributed by atoms with E-state index in [1.165, 1.54) is 0 Å². The molecule has 24 heavy (non-hydrogen) atoms. The lowest BCUT2D eigenvalue weighted by atomic mass is 10.2. The van der Waals surface area contributed by atoms with E-state index < -0.39 is 61.7 Å². The summed E-state index contributed by atoms with van der Waals surface area (Å²) in [4.78, 5) is -1.44. The summed E-state index contributed by atoms with van der Waals surface area (Å²) in [5.74, 6) is -17.0. The van der Waals surface area contributed by atoms with Gasteiger partial charge in [-0.3, -0.25) is 0 Å². The van der Waals surface area contributed by atoms with Gasteiger partial charge >= 0.3 is 22.4 Å². The van der Waals surface area contributed by atoms with Gasteiger partial charge in [0.15, 0.2) is 0 Å². The van der Waals surface area contributed by atoms with Gasteiger partial charge in [-0.2, -0.15) is 35.1 Å². The Morgan fingerprint density at radius 2 is 1.42 bits per heavy atom. The SMILES string of the molecule is O=S(O)C(F)(F)C(F)(F)C(F)(F)C(F)(F)Sc1ccc(F)cc1F. The third-order valence-electron chi connectivity index (χ3n) is 2.48. The van der Waals surface area contributed by atoms with Gasteiger partial charge in [0.05, 0.1) is 0 Å². The highest BCUT2D eigenvalue weighted by Gasteiger charge is 2.83. The Kier molecular flexibility index (Phi) is 5.58. The van der Waals surface area contributed by atoms with E-state index in [2.05, 4.69) is 0 Å². The number of hydrogen-bond donors (Lipinski definition) is 1. The lowest BCUT2D eigenvalue weighted by molar-refractivity contribution is -0.324. The minimum absolute atomic E-state index is 0.0356. The molecule has 14 heteroatoms. The molecule has 0 amide bonds. The van der Waals surface area contributed by atoms with Crippen molar-refractivity contribution in [1.29, 1.82) is 0 Å². The minimum Gasteiger partial charge on any atom is -0.301 e. The Morgan fingerprint density at radius 3 is 1.83 bits per heavy atom. The van der Waals surface area contributed by atoms with Crippen molar-refractivity contribution in [1.82, 2.24) is 0 Å². The molecule has 1 N–H and O–H groups in total. The van der Waals surface area contributed by atoms with Crippen LogP contribution < -0.4 is 0 Å². The molecule has 0 aromatic heterocycles. The fourth-order valence-corrected chi connectivity index (χ4v) is 2.41. The third-order valence-corrected chi connectivity index (χ3v) is 4.24. The summed E-state index contributed by atoms with van der Waals surface area (Å²) in [5, 5.41) is -12.5. The van der Waals surface area contributed by atoms with Crippen LogP contribution in [0.3, 0.4) is 0 Å². The lowest BCUT2D eigenvalue weighted by Crippen LogP contribution is -2.62. The van der Waals surface area contributed by atoms with Crippen LogP contribution in [0, 0.1) is 11.6 Å². The molecule has 0 saturated carbocycles. The van der Waals surface area contributed by atoms with Gasteiger partial charge in [0.2, 0.25) is 11.1 Å². The fraction of sp³-hybridized carbons (Fsp3) is 0.400. The molecule has 0 radical (unpaired) electrons. The zero-order valence-corrected chi connectivity index (χ0v) is 12.3. The average Bonchev–Trinajstić information content (AvgIpc) is 2.41. The Morgan fingerprint density at radius 1 is 0.917 bits per heavy atom. The second kappa shape index (κ2) is 6.37. The maximum Gasteiger partial charge on any atom is 0.413 e. The maximum absolute atomic E-state index is 13.4. The van der Waals surface area contributed by atoms with Crippen LogP contribution in [-0.2, 0) is 11.1 Å². The van der Waals surface area contributed by atoms with E-state index in [-0.39, 0.29) is 12.1 Å². The molecule has 1 aromatic rings. The molecule has 0 spiro atoms. The van der Waals surface area contributed by atoms with Gasteiger partial charge in [0.1, 0.15) is 11.6 Å². The van der Waals surface area contributed by atoms with E-state index in [1.54, 1.807) is 0 Å². The summed E-state index contributed by atoms with van der Waals surface area (Å²) < 4.78 is 149. The summed E-state index contributed by atoms with van der Waals surface area (Å²) in [6.45, 7) is 0. The number of thioether (sulfide) groups is 1. The van der Waals surface area contributed by atoms with Crippen LogP contribution in [0.25, 0.3) is 0 Å². The molecule has 1 aromatic carbocycles. The third kappa shape index (κ3) is 3.35. The normalized spacial score (nSPS) is 15.5. The van der Waals surface area contributed by atoms with Crippen LogP contribution in [0.4, 0.5) is 43.9 Å². The number of rotatable bonds is 6. The van der Waals surface area contributed by atoms with Crippen LogP contribution in [0.1, 0.15) is 0 Å². The number of hydrogen-bond acceptors (Lipinski definition) is 2. The first-order valence-corrected chi connectivity index (χ1v) is 7.26. The van der Waals surface area contributed by atoms with E-state index in [0.29, 0.717) is 6.07 Å². The number of alkyl halides is 8. The van der Waals surface area contributed by atoms with Crippen LogP contribution in [0.2, 0.25) is 0 Å². The lowest BCUT2D eigenvalue weighted by Gasteiger charge is -2.34. The van der Waals surface area contributed by atoms with E-state index >= 15 is 0 Å². The zero-order valence-electron chi connectivity index (χ0n) is 10.7. The second-order valence-corrected chi connectivity index (χ2v) is 6.28. The van der Waals surface area contributed by atoms with Crippen molar-refractivity contribution < 1.29 is 52.7 Å². The highest BCUT2D eigenvalue weighted by molar-refractivity contribution is 8.00. The smallest absolute Gasteiger partial charge is 0.301 e. The predicted molar refractivity (Wildman–Crippen MR) is 62.8 cm³/mol. The Labute approximate surface area is 133 Å². The van der Waals surface area contributed by atoms with Crippen LogP contribution >= 0.6 is 11.8 Å². The first-order chi connectivity index (χ1) is 10.6. The fourth-order valence-electron chi connectivity index (χ4n) is 1.24. The van der Waals surface area contributed by atoms with Gasteiger partial charge < -0.3 is 4.55 Å².